The van der Waals surface area contributed by atoms with Crippen LogP contribution in [0.2, 0.25) is 0 Å². The summed E-state index contributed by atoms with van der Waals surface area (Å²) in [5.41, 5.74) is 0.303. The van der Waals surface area contributed by atoms with Gasteiger partial charge in [-0.25, -0.2) is 17.5 Å². The van der Waals surface area contributed by atoms with Gasteiger partial charge in [-0.1, -0.05) is 6.07 Å². The number of nitrogens with zero attached hydrogens (tertiary/aromatic N) is 1. The lowest BCUT2D eigenvalue weighted by Gasteiger charge is -2.38. The van der Waals surface area contributed by atoms with Crippen LogP contribution in [0.3, 0.4) is 0 Å². The molecule has 27 heavy (non-hydrogen) atoms. The third kappa shape index (κ3) is 5.04. The molecule has 6 nitrogen and oxygen atoms in total. The molecule has 2 unspecified atom stereocenters. The molecule has 2 atom stereocenters. The Labute approximate surface area is 158 Å². The summed E-state index contributed by atoms with van der Waals surface area (Å²) >= 11 is 0. The van der Waals surface area contributed by atoms with Crippen molar-refractivity contribution >= 4 is 10.0 Å². The van der Waals surface area contributed by atoms with Gasteiger partial charge in [-0.05, 0) is 55.3 Å². The first-order chi connectivity index (χ1) is 13.0. The Kier molecular flexibility index (Phi) is 6.06. The van der Waals surface area contributed by atoms with Crippen LogP contribution in [0.15, 0.2) is 53.4 Å². The second-order valence-electron chi connectivity index (χ2n) is 6.30. The number of halogens is 1. The van der Waals surface area contributed by atoms with Crippen LogP contribution in [-0.2, 0) is 10.0 Å². The van der Waals surface area contributed by atoms with E-state index in [1.54, 1.807) is 24.3 Å². The zero-order valence-corrected chi connectivity index (χ0v) is 15.4. The molecule has 0 aliphatic carbocycles. The molecular weight excluding hydrogens is 369 g/mol. The molecule has 2 N–H and O–H groups in total. The lowest BCUT2D eigenvalue weighted by atomic mass is 9.98. The molecular formula is C19H20FN3O3S. The van der Waals surface area contributed by atoms with Crippen molar-refractivity contribution in [2.24, 2.45) is 0 Å². The fraction of sp³-hybridized carbons (Fsp3) is 0.316. The van der Waals surface area contributed by atoms with Crippen LogP contribution in [0.25, 0.3) is 0 Å². The fourth-order valence-corrected chi connectivity index (χ4v) is 3.94. The van der Waals surface area contributed by atoms with Crippen molar-refractivity contribution in [1.82, 2.24) is 10.0 Å². The SMILES string of the molecule is N#Cc1cccc(S(=O)(=O)NCCCC2NCC2Oc2ccc(F)cc2)c1. The van der Waals surface area contributed by atoms with Gasteiger partial charge in [-0.3, -0.25) is 0 Å². The first kappa shape index (κ1) is 19.3. The van der Waals surface area contributed by atoms with Crippen molar-refractivity contribution in [2.75, 3.05) is 13.1 Å². The number of hydrogen-bond donors (Lipinski definition) is 2. The molecule has 0 radical (unpaired) electrons. The number of ether oxygens (including phenoxy) is 1. The zero-order chi connectivity index (χ0) is 19.3. The van der Waals surface area contributed by atoms with Crippen molar-refractivity contribution in [3.63, 3.8) is 0 Å². The number of rotatable bonds is 8. The Bertz CT molecular complexity index is 926. The monoisotopic (exact) mass is 389 g/mol. The molecule has 0 amide bonds. The number of hydrogen-bond acceptors (Lipinski definition) is 5. The minimum absolute atomic E-state index is 0.0145. The average Bonchev–Trinajstić information content (AvgIpc) is 2.66. The Morgan fingerprint density at radius 1 is 1.26 bits per heavy atom. The van der Waals surface area contributed by atoms with Gasteiger partial charge < -0.3 is 10.1 Å². The molecule has 142 valence electrons. The maximum atomic E-state index is 12.9. The second kappa shape index (κ2) is 8.48. The van der Waals surface area contributed by atoms with Crippen LogP contribution >= 0.6 is 0 Å². The van der Waals surface area contributed by atoms with E-state index >= 15 is 0 Å². The summed E-state index contributed by atoms with van der Waals surface area (Å²) in [6.45, 7) is 0.995. The van der Waals surface area contributed by atoms with E-state index in [0.29, 0.717) is 30.8 Å². The van der Waals surface area contributed by atoms with Crippen molar-refractivity contribution in [3.05, 3.63) is 59.9 Å². The Balaban J connectivity index is 1.44. The highest BCUT2D eigenvalue weighted by molar-refractivity contribution is 7.89. The predicted octanol–water partition coefficient (Wildman–Crippen LogP) is 2.18. The Morgan fingerprint density at radius 3 is 2.70 bits per heavy atom. The molecule has 8 heteroatoms. The number of benzene rings is 2. The van der Waals surface area contributed by atoms with Crippen molar-refractivity contribution in [2.45, 2.75) is 29.9 Å². The van der Waals surface area contributed by atoms with Crippen LogP contribution in [-0.4, -0.2) is 33.7 Å². The average molecular weight is 389 g/mol. The molecule has 1 saturated heterocycles. The van der Waals surface area contributed by atoms with Crippen molar-refractivity contribution in [1.29, 1.82) is 5.26 Å². The van der Waals surface area contributed by atoms with Gasteiger partial charge >= 0.3 is 0 Å². The summed E-state index contributed by atoms with van der Waals surface area (Å²) in [5, 5.41) is 12.1. The van der Waals surface area contributed by atoms with E-state index < -0.39 is 10.0 Å². The summed E-state index contributed by atoms with van der Waals surface area (Å²) in [7, 11) is -3.63. The molecule has 0 saturated carbocycles. The normalized spacial score (nSPS) is 19.1. The minimum Gasteiger partial charge on any atom is -0.487 e. The van der Waals surface area contributed by atoms with E-state index in [-0.39, 0.29) is 22.9 Å². The Hall–Kier alpha value is -2.47. The molecule has 3 rings (SSSR count). The smallest absolute Gasteiger partial charge is 0.240 e. The molecule has 2 aromatic carbocycles. The minimum atomic E-state index is -3.63. The second-order valence-corrected chi connectivity index (χ2v) is 8.07. The van der Waals surface area contributed by atoms with Gasteiger partial charge in [0.05, 0.1) is 16.5 Å². The molecule has 1 aliphatic rings. The van der Waals surface area contributed by atoms with Crippen LogP contribution in [0.1, 0.15) is 18.4 Å². The number of nitrogens with one attached hydrogen (secondary N) is 2. The first-order valence-corrected chi connectivity index (χ1v) is 10.1. The number of nitriles is 1. The molecule has 0 aromatic heterocycles. The molecule has 0 bridgehead atoms. The van der Waals surface area contributed by atoms with Gasteiger partial charge in [0, 0.05) is 19.1 Å². The Morgan fingerprint density at radius 2 is 2.04 bits per heavy atom. The highest BCUT2D eigenvalue weighted by atomic mass is 32.2. The molecule has 1 aliphatic heterocycles. The van der Waals surface area contributed by atoms with E-state index in [1.807, 2.05) is 6.07 Å². The molecule has 1 heterocycles. The lowest BCUT2D eigenvalue weighted by molar-refractivity contribution is 0.0788. The van der Waals surface area contributed by atoms with E-state index in [2.05, 4.69) is 10.0 Å². The van der Waals surface area contributed by atoms with Crippen LogP contribution in [0, 0.1) is 17.1 Å². The maximum Gasteiger partial charge on any atom is 0.240 e. The molecule has 1 fully saturated rings. The first-order valence-electron chi connectivity index (χ1n) is 8.63. The fourth-order valence-electron chi connectivity index (χ4n) is 2.83. The summed E-state index contributed by atoms with van der Waals surface area (Å²) in [6, 6.07) is 13.9. The number of sulfonamides is 1. The van der Waals surface area contributed by atoms with E-state index in [1.165, 1.54) is 24.3 Å². The van der Waals surface area contributed by atoms with Gasteiger partial charge in [0.15, 0.2) is 0 Å². The maximum absolute atomic E-state index is 12.9. The van der Waals surface area contributed by atoms with Gasteiger partial charge in [-0.2, -0.15) is 5.26 Å². The summed E-state index contributed by atoms with van der Waals surface area (Å²) < 4.78 is 45.8. The summed E-state index contributed by atoms with van der Waals surface area (Å²) in [5.74, 6) is 0.309. The van der Waals surface area contributed by atoms with E-state index in [4.69, 9.17) is 10.00 Å². The summed E-state index contributed by atoms with van der Waals surface area (Å²) in [4.78, 5) is 0.0841. The highest BCUT2D eigenvalue weighted by Gasteiger charge is 2.31. The zero-order valence-electron chi connectivity index (χ0n) is 14.6. The largest absolute Gasteiger partial charge is 0.487 e. The van der Waals surface area contributed by atoms with E-state index in [9.17, 15) is 12.8 Å². The van der Waals surface area contributed by atoms with Crippen molar-refractivity contribution in [3.8, 4) is 11.8 Å². The van der Waals surface area contributed by atoms with Crippen LogP contribution in [0.4, 0.5) is 4.39 Å². The highest BCUT2D eigenvalue weighted by Crippen LogP contribution is 2.20. The van der Waals surface area contributed by atoms with Crippen molar-refractivity contribution < 1.29 is 17.5 Å². The van der Waals surface area contributed by atoms with Gasteiger partial charge in [0.2, 0.25) is 10.0 Å². The molecule has 2 aromatic rings. The predicted molar refractivity (Wildman–Crippen MR) is 98.2 cm³/mol. The van der Waals surface area contributed by atoms with Crippen LogP contribution < -0.4 is 14.8 Å². The summed E-state index contributed by atoms with van der Waals surface area (Å²) in [6.07, 6.45) is 1.37. The lowest BCUT2D eigenvalue weighted by Crippen LogP contribution is -2.60. The standard InChI is InChI=1S/C19H20FN3O3S/c20-15-6-8-16(9-7-15)26-19-13-22-18(19)5-2-10-23-27(24,25)17-4-1-3-14(11-17)12-21/h1,3-4,6-9,11,18-19,22-23H,2,5,10,13H2. The third-order valence-electron chi connectivity index (χ3n) is 4.39. The van der Waals surface area contributed by atoms with Gasteiger partial charge in [0.25, 0.3) is 0 Å². The van der Waals surface area contributed by atoms with E-state index in [0.717, 1.165) is 6.42 Å². The van der Waals surface area contributed by atoms with Gasteiger partial charge in [-0.15, -0.1) is 0 Å². The quantitative estimate of drug-likeness (QED) is 0.675. The topological polar surface area (TPSA) is 91.2 Å². The van der Waals surface area contributed by atoms with Gasteiger partial charge in [0.1, 0.15) is 17.7 Å². The third-order valence-corrected chi connectivity index (χ3v) is 5.85. The molecule has 0 spiro atoms. The van der Waals surface area contributed by atoms with Crippen LogP contribution in [0.5, 0.6) is 5.75 Å².